The fourth-order valence-electron chi connectivity index (χ4n) is 3.23. The van der Waals surface area contributed by atoms with Gasteiger partial charge in [0.05, 0.1) is 18.0 Å². The Kier molecular flexibility index (Phi) is 7.12. The average Bonchev–Trinajstić information content (AvgIpc) is 2.60. The number of hydrogen-bond acceptors (Lipinski definition) is 3. The first-order valence-electron chi connectivity index (χ1n) is 9.14. The third-order valence-electron chi connectivity index (χ3n) is 4.74. The van der Waals surface area contributed by atoms with Gasteiger partial charge in [-0.25, -0.2) is 8.42 Å². The lowest BCUT2D eigenvalue weighted by Crippen LogP contribution is -2.42. The summed E-state index contributed by atoms with van der Waals surface area (Å²) in [6.07, 6.45) is 1.78. The molecule has 0 radical (unpaired) electrons. The SMILES string of the molecule is CC[C@@H](NC(=O)CN(c1cccc(Cl)c1C)S(C)(=O)=O)c1ccc(C)cc1C. The lowest BCUT2D eigenvalue weighted by molar-refractivity contribution is -0.120. The summed E-state index contributed by atoms with van der Waals surface area (Å²) < 4.78 is 25.8. The molecule has 0 saturated heterocycles. The van der Waals surface area contributed by atoms with Gasteiger partial charge in [0.25, 0.3) is 0 Å². The second-order valence-corrected chi connectivity index (χ2v) is 9.36. The number of amides is 1. The minimum absolute atomic E-state index is 0.185. The van der Waals surface area contributed by atoms with Gasteiger partial charge in [-0.05, 0) is 56.0 Å². The number of anilines is 1. The molecule has 1 N–H and O–H groups in total. The van der Waals surface area contributed by atoms with Gasteiger partial charge in [-0.1, -0.05) is 48.4 Å². The van der Waals surface area contributed by atoms with Crippen molar-refractivity contribution in [2.75, 3.05) is 17.1 Å². The quantitative estimate of drug-likeness (QED) is 0.723. The Morgan fingerprint density at radius 2 is 1.86 bits per heavy atom. The standard InChI is InChI=1S/C21H27ClN2O3S/c1-6-19(17-11-10-14(2)12-15(17)3)23-21(25)13-24(28(5,26)27)20-9-7-8-18(22)16(20)4/h7-12,19H,6,13H2,1-5H3,(H,23,25)/t19-/m1/s1. The molecule has 152 valence electrons. The lowest BCUT2D eigenvalue weighted by atomic mass is 9.97. The van der Waals surface area contributed by atoms with Crippen molar-refractivity contribution in [1.82, 2.24) is 5.32 Å². The van der Waals surface area contributed by atoms with Crippen LogP contribution < -0.4 is 9.62 Å². The summed E-state index contributed by atoms with van der Waals surface area (Å²) in [7, 11) is -3.66. The molecule has 1 atom stereocenters. The van der Waals surface area contributed by atoms with E-state index in [0.29, 0.717) is 22.7 Å². The van der Waals surface area contributed by atoms with E-state index < -0.39 is 10.0 Å². The number of carbonyl (C=O) groups excluding carboxylic acids is 1. The molecule has 0 aliphatic heterocycles. The van der Waals surface area contributed by atoms with E-state index in [0.717, 1.165) is 27.3 Å². The monoisotopic (exact) mass is 422 g/mol. The van der Waals surface area contributed by atoms with E-state index in [4.69, 9.17) is 11.6 Å². The number of benzene rings is 2. The van der Waals surface area contributed by atoms with Crippen LogP contribution in [0, 0.1) is 20.8 Å². The van der Waals surface area contributed by atoms with Crippen molar-refractivity contribution in [3.8, 4) is 0 Å². The molecule has 0 aromatic heterocycles. The molecule has 0 aliphatic carbocycles. The molecule has 0 saturated carbocycles. The summed E-state index contributed by atoms with van der Waals surface area (Å²) in [6, 6.07) is 10.9. The van der Waals surface area contributed by atoms with Gasteiger partial charge in [0.2, 0.25) is 15.9 Å². The summed E-state index contributed by atoms with van der Waals surface area (Å²) in [5.41, 5.74) is 4.31. The Morgan fingerprint density at radius 3 is 2.43 bits per heavy atom. The highest BCUT2D eigenvalue weighted by molar-refractivity contribution is 7.92. The number of nitrogens with zero attached hydrogens (tertiary/aromatic N) is 1. The first-order chi connectivity index (χ1) is 13.0. The Balaban J connectivity index is 2.27. The van der Waals surface area contributed by atoms with E-state index in [1.165, 1.54) is 0 Å². The minimum Gasteiger partial charge on any atom is -0.348 e. The molecule has 0 aliphatic rings. The molecule has 5 nitrogen and oxygen atoms in total. The number of sulfonamides is 1. The predicted molar refractivity (Wildman–Crippen MR) is 115 cm³/mol. The number of hydrogen-bond donors (Lipinski definition) is 1. The molecule has 2 aromatic rings. The van der Waals surface area contributed by atoms with Crippen LogP contribution in [0.15, 0.2) is 36.4 Å². The molecule has 7 heteroatoms. The van der Waals surface area contributed by atoms with Crippen LogP contribution in [0.4, 0.5) is 5.69 Å². The van der Waals surface area contributed by atoms with E-state index >= 15 is 0 Å². The van der Waals surface area contributed by atoms with Crippen LogP contribution in [0.5, 0.6) is 0 Å². The van der Waals surface area contributed by atoms with Crippen LogP contribution in [-0.2, 0) is 14.8 Å². The molecular formula is C21H27ClN2O3S. The zero-order valence-electron chi connectivity index (χ0n) is 16.9. The van der Waals surface area contributed by atoms with E-state index in [2.05, 4.69) is 11.4 Å². The molecule has 1 amide bonds. The highest BCUT2D eigenvalue weighted by Gasteiger charge is 2.24. The van der Waals surface area contributed by atoms with Crippen LogP contribution in [0.3, 0.4) is 0 Å². The van der Waals surface area contributed by atoms with Crippen molar-refractivity contribution in [2.45, 2.75) is 40.2 Å². The molecule has 0 heterocycles. The van der Waals surface area contributed by atoms with E-state index in [1.54, 1.807) is 25.1 Å². The second-order valence-electron chi connectivity index (χ2n) is 7.04. The predicted octanol–water partition coefficient (Wildman–Crippen LogP) is 4.30. The van der Waals surface area contributed by atoms with Gasteiger partial charge < -0.3 is 5.32 Å². The molecule has 2 rings (SSSR count). The maximum atomic E-state index is 12.7. The van der Waals surface area contributed by atoms with Crippen LogP contribution in [0.2, 0.25) is 5.02 Å². The van der Waals surface area contributed by atoms with Crippen molar-refractivity contribution < 1.29 is 13.2 Å². The molecule has 0 spiro atoms. The third-order valence-corrected chi connectivity index (χ3v) is 6.28. The van der Waals surface area contributed by atoms with Crippen molar-refractivity contribution in [1.29, 1.82) is 0 Å². The Hall–Kier alpha value is -2.05. The second kappa shape index (κ2) is 8.97. The van der Waals surface area contributed by atoms with Crippen LogP contribution in [0.25, 0.3) is 0 Å². The van der Waals surface area contributed by atoms with Gasteiger partial charge in [0.1, 0.15) is 6.54 Å². The minimum atomic E-state index is -3.66. The maximum absolute atomic E-state index is 12.7. The Labute approximate surface area is 172 Å². The number of aryl methyl sites for hydroxylation is 2. The molecule has 0 unspecified atom stereocenters. The first kappa shape index (κ1) is 22.2. The number of rotatable bonds is 7. The Bertz CT molecular complexity index is 974. The number of carbonyl (C=O) groups is 1. The lowest BCUT2D eigenvalue weighted by Gasteiger charge is -2.26. The normalized spacial score (nSPS) is 12.5. The summed E-state index contributed by atoms with van der Waals surface area (Å²) >= 11 is 6.14. The first-order valence-corrected chi connectivity index (χ1v) is 11.4. The molecule has 0 fully saturated rings. The summed E-state index contributed by atoms with van der Waals surface area (Å²) in [6.45, 7) is 7.45. The fraction of sp³-hybridized carbons (Fsp3) is 0.381. The van der Waals surface area contributed by atoms with Gasteiger partial charge in [-0.15, -0.1) is 0 Å². The highest BCUT2D eigenvalue weighted by Crippen LogP contribution is 2.28. The van der Waals surface area contributed by atoms with Gasteiger partial charge in [-0.3, -0.25) is 9.10 Å². The Morgan fingerprint density at radius 1 is 1.18 bits per heavy atom. The molecule has 28 heavy (non-hydrogen) atoms. The van der Waals surface area contributed by atoms with Crippen LogP contribution in [-0.4, -0.2) is 27.1 Å². The molecular weight excluding hydrogens is 396 g/mol. The number of halogens is 1. The van der Waals surface area contributed by atoms with Crippen molar-refractivity contribution in [3.05, 3.63) is 63.7 Å². The summed E-state index contributed by atoms with van der Waals surface area (Å²) in [5.74, 6) is -0.364. The van der Waals surface area contributed by atoms with E-state index in [-0.39, 0.29) is 18.5 Å². The van der Waals surface area contributed by atoms with Gasteiger partial charge in [-0.2, -0.15) is 0 Å². The largest absolute Gasteiger partial charge is 0.348 e. The topological polar surface area (TPSA) is 66.5 Å². The summed E-state index contributed by atoms with van der Waals surface area (Å²) in [4.78, 5) is 12.7. The zero-order chi connectivity index (χ0) is 21.1. The van der Waals surface area contributed by atoms with Gasteiger partial charge in [0.15, 0.2) is 0 Å². The number of nitrogens with one attached hydrogen (secondary N) is 1. The smallest absolute Gasteiger partial charge is 0.241 e. The van der Waals surface area contributed by atoms with E-state index in [1.807, 2.05) is 32.9 Å². The fourth-order valence-corrected chi connectivity index (χ4v) is 4.31. The summed E-state index contributed by atoms with van der Waals surface area (Å²) in [5, 5.41) is 3.42. The molecule has 2 aromatic carbocycles. The van der Waals surface area contributed by atoms with Crippen LogP contribution in [0.1, 0.15) is 41.6 Å². The third kappa shape index (κ3) is 5.26. The van der Waals surface area contributed by atoms with Crippen LogP contribution >= 0.6 is 11.6 Å². The average molecular weight is 423 g/mol. The van der Waals surface area contributed by atoms with Crippen molar-refractivity contribution in [2.24, 2.45) is 0 Å². The maximum Gasteiger partial charge on any atom is 0.241 e. The zero-order valence-corrected chi connectivity index (χ0v) is 18.5. The van der Waals surface area contributed by atoms with E-state index in [9.17, 15) is 13.2 Å². The molecule has 0 bridgehead atoms. The van der Waals surface area contributed by atoms with Crippen molar-refractivity contribution in [3.63, 3.8) is 0 Å². The van der Waals surface area contributed by atoms with Gasteiger partial charge in [0, 0.05) is 5.02 Å². The van der Waals surface area contributed by atoms with Gasteiger partial charge >= 0.3 is 0 Å². The van der Waals surface area contributed by atoms with Crippen molar-refractivity contribution >= 4 is 33.2 Å². The highest BCUT2D eigenvalue weighted by atomic mass is 35.5.